The number of hydrogen-bond donors (Lipinski definition) is 1. The second kappa shape index (κ2) is 7.87. The molecule has 0 bridgehead atoms. The summed E-state index contributed by atoms with van der Waals surface area (Å²) in [6.45, 7) is 6.67. The van der Waals surface area contributed by atoms with Crippen LogP contribution in [0, 0.1) is 5.41 Å². The number of methoxy groups -OCH3 is 2. The Bertz CT molecular complexity index is 624. The van der Waals surface area contributed by atoms with Crippen LogP contribution in [0.4, 0.5) is 5.69 Å². The maximum atomic E-state index is 13.0. The van der Waals surface area contributed by atoms with E-state index in [2.05, 4.69) is 5.32 Å². The highest BCUT2D eigenvalue weighted by atomic mass is 16.5. The van der Waals surface area contributed by atoms with Crippen molar-refractivity contribution in [3.05, 3.63) is 24.3 Å². The van der Waals surface area contributed by atoms with E-state index >= 15 is 0 Å². The maximum absolute atomic E-state index is 13.0. The predicted octanol–water partition coefficient (Wildman–Crippen LogP) is 2.37. The van der Waals surface area contributed by atoms with Crippen LogP contribution in [-0.2, 0) is 14.3 Å². The van der Waals surface area contributed by atoms with Gasteiger partial charge in [0.15, 0.2) is 0 Å². The number of rotatable bonds is 5. The lowest BCUT2D eigenvalue weighted by Gasteiger charge is -2.31. The average molecular weight is 348 g/mol. The molecule has 1 aliphatic rings. The van der Waals surface area contributed by atoms with Crippen LogP contribution in [0.25, 0.3) is 0 Å². The molecule has 6 heteroatoms. The molecule has 2 atom stereocenters. The summed E-state index contributed by atoms with van der Waals surface area (Å²) < 4.78 is 10.1. The number of benzene rings is 1. The molecular weight excluding hydrogens is 320 g/mol. The fourth-order valence-electron chi connectivity index (χ4n) is 3.09. The van der Waals surface area contributed by atoms with Crippen LogP contribution >= 0.6 is 0 Å². The Morgan fingerprint density at radius 1 is 1.28 bits per heavy atom. The number of ether oxygens (including phenoxy) is 2. The zero-order chi connectivity index (χ0) is 18.6. The van der Waals surface area contributed by atoms with E-state index in [0.717, 1.165) is 5.69 Å². The average Bonchev–Trinajstić information content (AvgIpc) is 3.02. The zero-order valence-corrected chi connectivity index (χ0v) is 15.7. The minimum absolute atomic E-state index is 0.0399. The molecule has 1 saturated heterocycles. The molecule has 1 N–H and O–H groups in total. The monoisotopic (exact) mass is 348 g/mol. The molecule has 0 aliphatic carbocycles. The first-order valence-electron chi connectivity index (χ1n) is 8.52. The summed E-state index contributed by atoms with van der Waals surface area (Å²) in [5, 5.41) is 3.15. The Balaban J connectivity index is 2.29. The summed E-state index contributed by atoms with van der Waals surface area (Å²) in [4.78, 5) is 26.6. The molecule has 1 aromatic rings. The van der Waals surface area contributed by atoms with Gasteiger partial charge in [-0.2, -0.15) is 0 Å². The first-order chi connectivity index (χ1) is 11.7. The third-order valence-electron chi connectivity index (χ3n) is 4.24. The summed E-state index contributed by atoms with van der Waals surface area (Å²) in [5.41, 5.74) is 0.660. The van der Waals surface area contributed by atoms with Crippen molar-refractivity contribution >= 4 is 17.6 Å². The Labute approximate surface area is 149 Å². The fraction of sp³-hybridized carbons (Fsp3) is 0.579. The normalized spacial score (nSPS) is 20.2. The van der Waals surface area contributed by atoms with Crippen LogP contribution in [0.2, 0.25) is 0 Å². The molecular formula is C19H28N2O4. The Hall–Kier alpha value is -2.08. The van der Waals surface area contributed by atoms with Gasteiger partial charge in [0.2, 0.25) is 5.91 Å². The summed E-state index contributed by atoms with van der Waals surface area (Å²) in [5.74, 6) is 0.441. The third-order valence-corrected chi connectivity index (χ3v) is 4.24. The highest BCUT2D eigenvalue weighted by molar-refractivity contribution is 5.95. The Kier molecular flexibility index (Phi) is 6.06. The van der Waals surface area contributed by atoms with Gasteiger partial charge in [-0.05, 0) is 24.0 Å². The van der Waals surface area contributed by atoms with E-state index in [1.54, 1.807) is 12.0 Å². The number of esters is 1. The summed E-state index contributed by atoms with van der Waals surface area (Å²) in [7, 11) is 2.98. The van der Waals surface area contributed by atoms with Gasteiger partial charge in [-0.15, -0.1) is 0 Å². The van der Waals surface area contributed by atoms with E-state index in [0.29, 0.717) is 25.1 Å². The van der Waals surface area contributed by atoms with Crippen molar-refractivity contribution < 1.29 is 19.1 Å². The van der Waals surface area contributed by atoms with Gasteiger partial charge in [-0.1, -0.05) is 26.8 Å². The zero-order valence-electron chi connectivity index (χ0n) is 15.7. The van der Waals surface area contributed by atoms with Crippen LogP contribution in [0.1, 0.15) is 33.6 Å². The van der Waals surface area contributed by atoms with Crippen LogP contribution in [0.5, 0.6) is 5.75 Å². The van der Waals surface area contributed by atoms with Gasteiger partial charge in [-0.25, -0.2) is 0 Å². The van der Waals surface area contributed by atoms with Gasteiger partial charge in [0.25, 0.3) is 0 Å². The smallest absolute Gasteiger partial charge is 0.322 e. The van der Waals surface area contributed by atoms with E-state index in [4.69, 9.17) is 9.47 Å². The summed E-state index contributed by atoms with van der Waals surface area (Å²) in [6.07, 6.45) is 0.948. The second-order valence-corrected chi connectivity index (χ2v) is 7.58. The lowest BCUT2D eigenvalue weighted by atomic mass is 9.91. The number of carbonyl (C=O) groups is 2. The van der Waals surface area contributed by atoms with Crippen molar-refractivity contribution in [1.82, 2.24) is 5.32 Å². The van der Waals surface area contributed by atoms with Crippen LogP contribution < -0.4 is 15.0 Å². The SMILES string of the molecule is COC(=O)[C@@H]1C[C@@H](N(C(=O)CC(C)(C)C)c2cccc(OC)c2)CN1. The van der Waals surface area contributed by atoms with Gasteiger partial charge < -0.3 is 19.7 Å². The molecule has 0 unspecified atom stereocenters. The minimum Gasteiger partial charge on any atom is -0.497 e. The minimum atomic E-state index is -0.384. The molecule has 1 fully saturated rings. The van der Waals surface area contributed by atoms with Crippen molar-refractivity contribution in [1.29, 1.82) is 0 Å². The van der Waals surface area contributed by atoms with Crippen molar-refractivity contribution in [2.24, 2.45) is 5.41 Å². The van der Waals surface area contributed by atoms with E-state index in [1.165, 1.54) is 7.11 Å². The lowest BCUT2D eigenvalue weighted by Crippen LogP contribution is -2.43. The van der Waals surface area contributed by atoms with Gasteiger partial charge >= 0.3 is 5.97 Å². The molecule has 1 aromatic carbocycles. The Morgan fingerprint density at radius 3 is 2.60 bits per heavy atom. The fourth-order valence-corrected chi connectivity index (χ4v) is 3.09. The quantitative estimate of drug-likeness (QED) is 0.828. The van der Waals surface area contributed by atoms with Gasteiger partial charge in [0.1, 0.15) is 11.8 Å². The predicted molar refractivity (Wildman–Crippen MR) is 96.8 cm³/mol. The molecule has 0 radical (unpaired) electrons. The van der Waals surface area contributed by atoms with Crippen molar-refractivity contribution in [2.45, 2.75) is 45.7 Å². The molecule has 138 valence electrons. The van der Waals surface area contributed by atoms with Gasteiger partial charge in [-0.3, -0.25) is 9.59 Å². The molecule has 6 nitrogen and oxygen atoms in total. The molecule has 0 saturated carbocycles. The third kappa shape index (κ3) is 4.95. The highest BCUT2D eigenvalue weighted by Crippen LogP contribution is 2.29. The molecule has 0 spiro atoms. The first kappa shape index (κ1) is 19.2. The molecule has 2 rings (SSSR count). The molecule has 1 heterocycles. The molecule has 1 amide bonds. The largest absolute Gasteiger partial charge is 0.497 e. The van der Waals surface area contributed by atoms with Crippen molar-refractivity contribution in [2.75, 3.05) is 25.7 Å². The van der Waals surface area contributed by atoms with E-state index in [1.807, 2.05) is 45.0 Å². The lowest BCUT2D eigenvalue weighted by molar-refractivity contribution is -0.142. The van der Waals surface area contributed by atoms with E-state index in [9.17, 15) is 9.59 Å². The first-order valence-corrected chi connectivity index (χ1v) is 8.52. The van der Waals surface area contributed by atoms with Gasteiger partial charge in [0.05, 0.1) is 20.3 Å². The van der Waals surface area contributed by atoms with Crippen LogP contribution in [0.3, 0.4) is 0 Å². The standard InChI is InChI=1S/C19H28N2O4/c1-19(2,3)11-17(22)21(13-7-6-8-15(9-13)24-4)14-10-16(20-12-14)18(23)25-5/h6-9,14,16,20H,10-12H2,1-5H3/t14-,16+/m1/s1. The maximum Gasteiger partial charge on any atom is 0.322 e. The molecule has 25 heavy (non-hydrogen) atoms. The second-order valence-electron chi connectivity index (χ2n) is 7.58. The van der Waals surface area contributed by atoms with E-state index in [-0.39, 0.29) is 29.4 Å². The number of nitrogens with one attached hydrogen (secondary N) is 1. The molecule has 1 aliphatic heterocycles. The topological polar surface area (TPSA) is 67.9 Å². The number of nitrogens with zero attached hydrogens (tertiary/aromatic N) is 1. The van der Waals surface area contributed by atoms with E-state index < -0.39 is 0 Å². The number of amides is 1. The summed E-state index contributed by atoms with van der Waals surface area (Å²) in [6, 6.07) is 6.98. The molecule has 0 aromatic heterocycles. The summed E-state index contributed by atoms with van der Waals surface area (Å²) >= 11 is 0. The Morgan fingerprint density at radius 2 is 2.00 bits per heavy atom. The van der Waals surface area contributed by atoms with Crippen LogP contribution in [0.15, 0.2) is 24.3 Å². The number of hydrogen-bond acceptors (Lipinski definition) is 5. The number of anilines is 1. The highest BCUT2D eigenvalue weighted by Gasteiger charge is 2.37. The van der Waals surface area contributed by atoms with Crippen molar-refractivity contribution in [3.63, 3.8) is 0 Å². The number of carbonyl (C=O) groups excluding carboxylic acids is 2. The van der Waals surface area contributed by atoms with Gasteiger partial charge in [0, 0.05) is 24.7 Å². The van der Waals surface area contributed by atoms with Crippen LogP contribution in [-0.4, -0.2) is 44.7 Å². The van der Waals surface area contributed by atoms with Crippen molar-refractivity contribution in [3.8, 4) is 5.75 Å².